The first-order valence-electron chi connectivity index (χ1n) is 7.81. The van der Waals surface area contributed by atoms with Gasteiger partial charge in [0.25, 0.3) is 0 Å². The van der Waals surface area contributed by atoms with Gasteiger partial charge in [-0.05, 0) is 46.2 Å². The smallest absolute Gasteiger partial charge is 0.342 e. The summed E-state index contributed by atoms with van der Waals surface area (Å²) in [6.07, 6.45) is -1.06. The van der Waals surface area contributed by atoms with E-state index in [4.69, 9.17) is 0 Å². The van der Waals surface area contributed by atoms with E-state index in [9.17, 15) is 18.0 Å². The molecule has 2 rings (SSSR count). The van der Waals surface area contributed by atoms with Crippen molar-refractivity contribution in [2.45, 2.75) is 50.7 Å². The van der Waals surface area contributed by atoms with Crippen molar-refractivity contribution in [2.75, 3.05) is 27.2 Å². The van der Waals surface area contributed by atoms with E-state index in [2.05, 4.69) is 4.90 Å². The Morgan fingerprint density at radius 3 is 2.24 bits per heavy atom. The maximum atomic E-state index is 12.8. The number of piperidine rings is 1. The molecule has 6 heteroatoms. The van der Waals surface area contributed by atoms with Gasteiger partial charge in [0.15, 0.2) is 0 Å². The first kappa shape index (κ1) is 16.6. The maximum absolute atomic E-state index is 12.8. The first-order valence-corrected chi connectivity index (χ1v) is 7.81. The quantitative estimate of drug-likeness (QED) is 0.783. The van der Waals surface area contributed by atoms with Crippen LogP contribution in [0.3, 0.4) is 0 Å². The summed E-state index contributed by atoms with van der Waals surface area (Å²) in [6, 6.07) is 0.475. The van der Waals surface area contributed by atoms with Crippen LogP contribution in [0.1, 0.15) is 38.5 Å². The summed E-state index contributed by atoms with van der Waals surface area (Å²) < 4.78 is 38.5. The summed E-state index contributed by atoms with van der Waals surface area (Å²) in [4.78, 5) is 16.4. The number of carbonyl (C=O) groups is 1. The first-order chi connectivity index (χ1) is 9.79. The predicted molar refractivity (Wildman–Crippen MR) is 74.8 cm³/mol. The van der Waals surface area contributed by atoms with Crippen molar-refractivity contribution in [3.05, 3.63) is 0 Å². The molecular weight excluding hydrogens is 281 g/mol. The van der Waals surface area contributed by atoms with Gasteiger partial charge in [0.2, 0.25) is 5.91 Å². The third-order valence-corrected chi connectivity index (χ3v) is 4.99. The van der Waals surface area contributed by atoms with Gasteiger partial charge in [-0.3, -0.25) is 4.79 Å². The van der Waals surface area contributed by atoms with Crippen LogP contribution in [-0.2, 0) is 4.79 Å². The van der Waals surface area contributed by atoms with E-state index in [-0.39, 0.29) is 18.7 Å². The normalized spacial score (nSPS) is 29.0. The Bertz CT molecular complexity index is 362. The fourth-order valence-corrected chi connectivity index (χ4v) is 3.57. The lowest BCUT2D eigenvalue weighted by atomic mass is 9.80. The van der Waals surface area contributed by atoms with Gasteiger partial charge in [-0.1, -0.05) is 6.42 Å². The Kier molecular flexibility index (Phi) is 5.17. The van der Waals surface area contributed by atoms with Gasteiger partial charge in [0.05, 0.1) is 5.92 Å². The average molecular weight is 306 g/mol. The SMILES string of the molecule is CN(C)C1CCN(C(=O)[C@H]2CCC[C@H](C(F)(F)F)C2)CC1. The number of nitrogens with zero attached hydrogens (tertiary/aromatic N) is 2. The molecule has 1 aliphatic heterocycles. The molecular formula is C15H25F3N2O. The summed E-state index contributed by atoms with van der Waals surface area (Å²) in [5.74, 6) is -1.78. The minimum atomic E-state index is -4.16. The molecule has 2 atom stereocenters. The van der Waals surface area contributed by atoms with Crippen LogP contribution in [-0.4, -0.2) is 55.1 Å². The molecule has 122 valence electrons. The fourth-order valence-electron chi connectivity index (χ4n) is 3.57. The number of hydrogen-bond donors (Lipinski definition) is 0. The fraction of sp³-hybridized carbons (Fsp3) is 0.933. The molecule has 0 aromatic heterocycles. The van der Waals surface area contributed by atoms with Crippen molar-refractivity contribution in [3.63, 3.8) is 0 Å². The van der Waals surface area contributed by atoms with E-state index in [0.717, 1.165) is 12.8 Å². The molecule has 1 saturated carbocycles. The predicted octanol–water partition coefficient (Wildman–Crippen LogP) is 2.91. The third kappa shape index (κ3) is 4.11. The van der Waals surface area contributed by atoms with E-state index in [1.165, 1.54) is 0 Å². The molecule has 0 aromatic carbocycles. The monoisotopic (exact) mass is 306 g/mol. The topological polar surface area (TPSA) is 23.6 Å². The zero-order valence-corrected chi connectivity index (χ0v) is 12.8. The molecule has 2 aliphatic rings. The van der Waals surface area contributed by atoms with Gasteiger partial charge in [0, 0.05) is 25.0 Å². The van der Waals surface area contributed by atoms with E-state index in [0.29, 0.717) is 32.0 Å². The molecule has 0 spiro atoms. The second-order valence-corrected chi connectivity index (χ2v) is 6.62. The van der Waals surface area contributed by atoms with E-state index < -0.39 is 18.0 Å². The minimum Gasteiger partial charge on any atom is -0.342 e. The van der Waals surface area contributed by atoms with Crippen LogP contribution < -0.4 is 0 Å². The molecule has 1 aliphatic carbocycles. The molecule has 1 heterocycles. The second-order valence-electron chi connectivity index (χ2n) is 6.62. The van der Waals surface area contributed by atoms with Gasteiger partial charge in [0.1, 0.15) is 0 Å². The van der Waals surface area contributed by atoms with E-state index >= 15 is 0 Å². The molecule has 0 radical (unpaired) electrons. The number of rotatable bonds is 2. The van der Waals surface area contributed by atoms with Gasteiger partial charge < -0.3 is 9.80 Å². The van der Waals surface area contributed by atoms with E-state index in [1.54, 1.807) is 4.90 Å². The zero-order chi connectivity index (χ0) is 15.6. The highest BCUT2D eigenvalue weighted by molar-refractivity contribution is 5.79. The molecule has 21 heavy (non-hydrogen) atoms. The summed E-state index contributed by atoms with van der Waals surface area (Å²) >= 11 is 0. The van der Waals surface area contributed by atoms with E-state index in [1.807, 2.05) is 14.1 Å². The molecule has 2 fully saturated rings. The highest BCUT2D eigenvalue weighted by Gasteiger charge is 2.44. The highest BCUT2D eigenvalue weighted by atomic mass is 19.4. The van der Waals surface area contributed by atoms with Crippen molar-refractivity contribution in [2.24, 2.45) is 11.8 Å². The molecule has 0 aromatic rings. The molecule has 1 saturated heterocycles. The van der Waals surface area contributed by atoms with Gasteiger partial charge in [-0.15, -0.1) is 0 Å². The number of carbonyl (C=O) groups excluding carboxylic acids is 1. The molecule has 1 amide bonds. The van der Waals surface area contributed by atoms with Crippen molar-refractivity contribution in [1.82, 2.24) is 9.80 Å². The number of alkyl halides is 3. The Morgan fingerprint density at radius 2 is 1.71 bits per heavy atom. The lowest BCUT2D eigenvalue weighted by molar-refractivity contribution is -0.187. The van der Waals surface area contributed by atoms with Crippen LogP contribution in [0.2, 0.25) is 0 Å². The number of halogens is 3. The molecule has 0 unspecified atom stereocenters. The highest BCUT2D eigenvalue weighted by Crippen LogP contribution is 2.40. The number of hydrogen-bond acceptors (Lipinski definition) is 2. The summed E-state index contributed by atoms with van der Waals surface area (Å²) in [7, 11) is 4.05. The summed E-state index contributed by atoms with van der Waals surface area (Å²) in [5, 5.41) is 0. The largest absolute Gasteiger partial charge is 0.391 e. The van der Waals surface area contributed by atoms with Gasteiger partial charge in [-0.2, -0.15) is 13.2 Å². The molecule has 3 nitrogen and oxygen atoms in total. The van der Waals surface area contributed by atoms with Gasteiger partial charge >= 0.3 is 6.18 Å². The Morgan fingerprint density at radius 1 is 1.10 bits per heavy atom. The maximum Gasteiger partial charge on any atom is 0.391 e. The van der Waals surface area contributed by atoms with Crippen LogP contribution in [0.4, 0.5) is 13.2 Å². The van der Waals surface area contributed by atoms with Crippen molar-refractivity contribution in [1.29, 1.82) is 0 Å². The van der Waals surface area contributed by atoms with Gasteiger partial charge in [-0.25, -0.2) is 0 Å². The standard InChI is InChI=1S/C15H25F3N2O/c1-19(2)13-6-8-20(9-7-13)14(21)11-4-3-5-12(10-11)15(16,17)18/h11-13H,3-10H2,1-2H3/t11-,12-/m0/s1. The Labute approximate surface area is 124 Å². The third-order valence-electron chi connectivity index (χ3n) is 4.99. The Hall–Kier alpha value is -0.780. The van der Waals surface area contributed by atoms with Crippen LogP contribution in [0.15, 0.2) is 0 Å². The van der Waals surface area contributed by atoms with Crippen LogP contribution >= 0.6 is 0 Å². The average Bonchev–Trinajstić information content (AvgIpc) is 2.46. The van der Waals surface area contributed by atoms with Crippen molar-refractivity contribution < 1.29 is 18.0 Å². The molecule has 0 bridgehead atoms. The minimum absolute atomic E-state index is 0.0179. The number of likely N-dealkylation sites (tertiary alicyclic amines) is 1. The zero-order valence-electron chi connectivity index (χ0n) is 12.8. The second kappa shape index (κ2) is 6.55. The van der Waals surface area contributed by atoms with Crippen molar-refractivity contribution in [3.8, 4) is 0 Å². The van der Waals surface area contributed by atoms with Crippen LogP contribution in [0.5, 0.6) is 0 Å². The lowest BCUT2D eigenvalue weighted by Gasteiger charge is -2.38. The van der Waals surface area contributed by atoms with Crippen LogP contribution in [0.25, 0.3) is 0 Å². The summed E-state index contributed by atoms with van der Waals surface area (Å²) in [6.45, 7) is 1.35. The number of amides is 1. The lowest BCUT2D eigenvalue weighted by Crippen LogP contribution is -2.47. The Balaban J connectivity index is 1.89. The van der Waals surface area contributed by atoms with Crippen LogP contribution in [0, 0.1) is 11.8 Å². The molecule has 0 N–H and O–H groups in total. The van der Waals surface area contributed by atoms with Crippen molar-refractivity contribution >= 4 is 5.91 Å². The summed E-state index contributed by atoms with van der Waals surface area (Å²) in [5.41, 5.74) is 0.